The summed E-state index contributed by atoms with van der Waals surface area (Å²) in [5, 5.41) is -0.602. The molecule has 1 saturated heterocycles. The van der Waals surface area contributed by atoms with Crippen molar-refractivity contribution in [1.29, 1.82) is 0 Å². The minimum absolute atomic E-state index is 0.0606. The van der Waals surface area contributed by atoms with E-state index in [2.05, 4.69) is 0 Å². The minimum atomic E-state index is -4.38. The summed E-state index contributed by atoms with van der Waals surface area (Å²) in [6, 6.07) is 2.32. The van der Waals surface area contributed by atoms with Gasteiger partial charge in [0.05, 0.1) is 0 Å². The van der Waals surface area contributed by atoms with Crippen LogP contribution in [0.1, 0.15) is 23.4 Å². The highest BCUT2D eigenvalue weighted by molar-refractivity contribution is 7.85. The summed E-state index contributed by atoms with van der Waals surface area (Å²) in [5.74, 6) is -0.401. The van der Waals surface area contributed by atoms with E-state index >= 15 is 0 Å². The minimum Gasteiger partial charge on any atom is -0.437 e. The number of carbonyl (C=O) groups excluding carboxylic acids is 1. The van der Waals surface area contributed by atoms with E-state index in [9.17, 15) is 13.2 Å². The lowest BCUT2D eigenvalue weighted by Gasteiger charge is -2.12. The Hall–Kier alpha value is -1.34. The van der Waals surface area contributed by atoms with E-state index in [4.69, 9.17) is 8.97 Å². The van der Waals surface area contributed by atoms with Crippen LogP contribution in [0.2, 0.25) is 0 Å². The molecule has 7 heteroatoms. The van der Waals surface area contributed by atoms with Gasteiger partial charge in [-0.05, 0) is 25.0 Å². The summed E-state index contributed by atoms with van der Waals surface area (Å²) in [7, 11) is -4.38. The standard InChI is InChI=1S/C9H11NO5S/c11-9(10-5-1-2-6-10)7-3-4-8(15-7)16(12,13)14/h3-4H,1-2,5-6H2,(H,12,13,14). The quantitative estimate of drug-likeness (QED) is 0.777. The zero-order chi connectivity index (χ0) is 11.8. The SMILES string of the molecule is O=C(c1ccc(S(=O)(=O)O)o1)N1CCCC1. The van der Waals surface area contributed by atoms with Crippen LogP contribution in [0.25, 0.3) is 0 Å². The third kappa shape index (κ3) is 2.10. The molecule has 2 heterocycles. The first-order chi connectivity index (χ1) is 7.48. The van der Waals surface area contributed by atoms with E-state index in [1.807, 2.05) is 0 Å². The topological polar surface area (TPSA) is 87.8 Å². The van der Waals surface area contributed by atoms with Gasteiger partial charge in [-0.2, -0.15) is 8.42 Å². The highest BCUT2D eigenvalue weighted by atomic mass is 32.2. The van der Waals surface area contributed by atoms with Crippen LogP contribution in [0.5, 0.6) is 0 Å². The maximum Gasteiger partial charge on any atom is 0.328 e. The fourth-order valence-electron chi connectivity index (χ4n) is 1.65. The number of amides is 1. The lowest BCUT2D eigenvalue weighted by atomic mass is 10.4. The Labute approximate surface area is 92.6 Å². The fourth-order valence-corrected chi connectivity index (χ4v) is 2.08. The first-order valence-electron chi connectivity index (χ1n) is 4.85. The van der Waals surface area contributed by atoms with E-state index in [0.717, 1.165) is 18.9 Å². The molecule has 0 atom stereocenters. The third-order valence-electron chi connectivity index (χ3n) is 2.44. The van der Waals surface area contributed by atoms with Gasteiger partial charge in [0.15, 0.2) is 5.76 Å². The van der Waals surface area contributed by atoms with Crippen LogP contribution >= 0.6 is 0 Å². The van der Waals surface area contributed by atoms with Crippen LogP contribution in [0.4, 0.5) is 0 Å². The second-order valence-electron chi connectivity index (χ2n) is 3.59. The van der Waals surface area contributed by atoms with Gasteiger partial charge < -0.3 is 9.32 Å². The Morgan fingerprint density at radius 3 is 2.44 bits per heavy atom. The van der Waals surface area contributed by atoms with Crippen molar-refractivity contribution >= 4 is 16.0 Å². The Morgan fingerprint density at radius 2 is 1.94 bits per heavy atom. The molecule has 1 aromatic heterocycles. The van der Waals surface area contributed by atoms with Crippen molar-refractivity contribution < 1.29 is 22.2 Å². The number of rotatable bonds is 2. The van der Waals surface area contributed by atoms with E-state index in [1.165, 1.54) is 6.07 Å². The molecule has 0 aliphatic carbocycles. The second kappa shape index (κ2) is 3.91. The number of hydrogen-bond donors (Lipinski definition) is 1. The van der Waals surface area contributed by atoms with Gasteiger partial charge in [0.1, 0.15) is 0 Å². The Bertz CT molecular complexity index is 498. The van der Waals surface area contributed by atoms with Crippen molar-refractivity contribution in [3.63, 3.8) is 0 Å². The lowest BCUT2D eigenvalue weighted by Crippen LogP contribution is -2.27. The molecule has 1 amide bonds. The normalized spacial score (nSPS) is 16.7. The predicted molar refractivity (Wildman–Crippen MR) is 53.7 cm³/mol. The summed E-state index contributed by atoms with van der Waals surface area (Å²) in [4.78, 5) is 13.3. The molecular weight excluding hydrogens is 234 g/mol. The van der Waals surface area contributed by atoms with Crippen LogP contribution in [0, 0.1) is 0 Å². The molecule has 0 unspecified atom stereocenters. The Morgan fingerprint density at radius 1 is 1.31 bits per heavy atom. The number of nitrogens with zero attached hydrogens (tertiary/aromatic N) is 1. The van der Waals surface area contributed by atoms with Crippen LogP contribution in [0.15, 0.2) is 21.6 Å². The molecule has 0 aromatic carbocycles. The molecule has 2 rings (SSSR count). The number of furan rings is 1. The van der Waals surface area contributed by atoms with Gasteiger partial charge in [0, 0.05) is 13.1 Å². The van der Waals surface area contributed by atoms with Crippen LogP contribution in [-0.2, 0) is 10.1 Å². The molecule has 0 spiro atoms. The van der Waals surface area contributed by atoms with Crippen molar-refractivity contribution in [2.75, 3.05) is 13.1 Å². The van der Waals surface area contributed by atoms with E-state index < -0.39 is 15.2 Å². The molecule has 6 nitrogen and oxygen atoms in total. The van der Waals surface area contributed by atoms with Gasteiger partial charge in [-0.3, -0.25) is 9.35 Å². The maximum atomic E-state index is 11.7. The van der Waals surface area contributed by atoms with Crippen molar-refractivity contribution in [1.82, 2.24) is 4.90 Å². The molecular formula is C9H11NO5S. The molecule has 1 aliphatic rings. The zero-order valence-electron chi connectivity index (χ0n) is 8.42. The second-order valence-corrected chi connectivity index (χ2v) is 4.95. The average molecular weight is 245 g/mol. The maximum absolute atomic E-state index is 11.7. The summed E-state index contributed by atoms with van der Waals surface area (Å²) in [6.07, 6.45) is 1.88. The van der Waals surface area contributed by atoms with Gasteiger partial charge >= 0.3 is 10.1 Å². The summed E-state index contributed by atoms with van der Waals surface area (Å²) in [5.41, 5.74) is 0. The van der Waals surface area contributed by atoms with Gasteiger partial charge in [0.25, 0.3) is 5.91 Å². The fraction of sp³-hybridized carbons (Fsp3) is 0.444. The van der Waals surface area contributed by atoms with Crippen molar-refractivity contribution in [3.8, 4) is 0 Å². The highest BCUT2D eigenvalue weighted by Gasteiger charge is 2.24. The summed E-state index contributed by atoms with van der Waals surface area (Å²) >= 11 is 0. The molecule has 1 aromatic rings. The van der Waals surface area contributed by atoms with Crippen LogP contribution in [-0.4, -0.2) is 36.9 Å². The van der Waals surface area contributed by atoms with Gasteiger partial charge in [-0.25, -0.2) is 0 Å². The molecule has 1 aliphatic heterocycles. The lowest BCUT2D eigenvalue weighted by molar-refractivity contribution is 0.0755. The third-order valence-corrected chi connectivity index (χ3v) is 3.17. The molecule has 0 bridgehead atoms. The van der Waals surface area contributed by atoms with Crippen molar-refractivity contribution in [3.05, 3.63) is 17.9 Å². The number of carbonyl (C=O) groups is 1. The monoisotopic (exact) mass is 245 g/mol. The smallest absolute Gasteiger partial charge is 0.328 e. The van der Waals surface area contributed by atoms with Crippen LogP contribution < -0.4 is 0 Å². The molecule has 88 valence electrons. The number of likely N-dealkylation sites (tertiary alicyclic amines) is 1. The first kappa shape index (κ1) is 11.2. The van der Waals surface area contributed by atoms with E-state index in [1.54, 1.807) is 4.90 Å². The molecule has 16 heavy (non-hydrogen) atoms. The number of hydrogen-bond acceptors (Lipinski definition) is 4. The molecule has 1 fully saturated rings. The average Bonchev–Trinajstić information content (AvgIpc) is 2.87. The van der Waals surface area contributed by atoms with Crippen molar-refractivity contribution in [2.24, 2.45) is 0 Å². The van der Waals surface area contributed by atoms with Gasteiger partial charge in [-0.1, -0.05) is 0 Å². The molecule has 0 saturated carbocycles. The van der Waals surface area contributed by atoms with Gasteiger partial charge in [-0.15, -0.1) is 0 Å². The van der Waals surface area contributed by atoms with Crippen molar-refractivity contribution in [2.45, 2.75) is 17.9 Å². The largest absolute Gasteiger partial charge is 0.437 e. The molecule has 1 N–H and O–H groups in total. The van der Waals surface area contributed by atoms with E-state index in [-0.39, 0.29) is 11.7 Å². The molecule has 0 radical (unpaired) electrons. The zero-order valence-corrected chi connectivity index (χ0v) is 9.24. The van der Waals surface area contributed by atoms with Gasteiger partial charge in [0.2, 0.25) is 5.09 Å². The first-order valence-corrected chi connectivity index (χ1v) is 6.29. The summed E-state index contributed by atoms with van der Waals surface area (Å²) in [6.45, 7) is 1.31. The Kier molecular flexibility index (Phi) is 2.73. The predicted octanol–water partition coefficient (Wildman–Crippen LogP) is 0.762. The highest BCUT2D eigenvalue weighted by Crippen LogP contribution is 2.17. The summed E-state index contributed by atoms with van der Waals surface area (Å²) < 4.78 is 35.0. The Balaban J connectivity index is 2.22. The van der Waals surface area contributed by atoms with E-state index in [0.29, 0.717) is 13.1 Å². The van der Waals surface area contributed by atoms with Crippen LogP contribution in [0.3, 0.4) is 0 Å².